The van der Waals surface area contributed by atoms with Crippen LogP contribution in [0.1, 0.15) is 18.9 Å². The number of halogens is 2. The molecule has 0 aliphatic heterocycles. The van der Waals surface area contributed by atoms with Gasteiger partial charge in [-0.3, -0.25) is 4.79 Å². The van der Waals surface area contributed by atoms with Gasteiger partial charge in [-0.2, -0.15) is 11.8 Å². The van der Waals surface area contributed by atoms with Gasteiger partial charge < -0.3 is 10.4 Å². The molecular formula is C13H15F2NO3S. The van der Waals surface area contributed by atoms with Crippen LogP contribution in [0.2, 0.25) is 0 Å². The maximum atomic E-state index is 13.0. The summed E-state index contributed by atoms with van der Waals surface area (Å²) in [6.45, 7) is 1.25. The van der Waals surface area contributed by atoms with E-state index in [9.17, 15) is 18.4 Å². The predicted molar refractivity (Wildman–Crippen MR) is 72.4 cm³/mol. The van der Waals surface area contributed by atoms with E-state index in [1.165, 1.54) is 24.8 Å². The van der Waals surface area contributed by atoms with Crippen molar-refractivity contribution in [1.82, 2.24) is 5.32 Å². The summed E-state index contributed by atoms with van der Waals surface area (Å²) in [6.07, 6.45) is 0.267. The number of carboxylic acids is 1. The van der Waals surface area contributed by atoms with E-state index >= 15 is 0 Å². The number of nitrogens with one attached hydrogen (secondary N) is 1. The second kappa shape index (κ2) is 7.84. The summed E-state index contributed by atoms with van der Waals surface area (Å²) >= 11 is 1.39. The minimum absolute atomic E-state index is 0.267. The third kappa shape index (κ3) is 5.56. The lowest BCUT2D eigenvalue weighted by molar-refractivity contribution is -0.141. The normalized spacial score (nSPS) is 11.9. The summed E-state index contributed by atoms with van der Waals surface area (Å²) in [5.74, 6) is -2.35. The molecule has 1 aromatic carbocycles. The molecule has 0 saturated heterocycles. The summed E-state index contributed by atoms with van der Waals surface area (Å²) in [5, 5.41) is 11.2. The summed E-state index contributed by atoms with van der Waals surface area (Å²) in [7, 11) is 0. The van der Waals surface area contributed by atoms with Crippen molar-refractivity contribution in [2.75, 3.05) is 5.75 Å². The second-order valence-electron chi connectivity index (χ2n) is 4.18. The Morgan fingerprint density at radius 3 is 2.60 bits per heavy atom. The van der Waals surface area contributed by atoms with Gasteiger partial charge in [0.1, 0.15) is 6.04 Å². The molecule has 0 fully saturated rings. The molecule has 1 rings (SSSR count). The van der Waals surface area contributed by atoms with E-state index in [2.05, 4.69) is 5.32 Å². The van der Waals surface area contributed by atoms with Crippen LogP contribution in [-0.4, -0.2) is 28.8 Å². The molecule has 7 heteroatoms. The maximum Gasteiger partial charge on any atom is 0.326 e. The van der Waals surface area contributed by atoms with Crippen molar-refractivity contribution in [3.05, 3.63) is 35.4 Å². The summed E-state index contributed by atoms with van der Waals surface area (Å²) in [6, 6.07) is 2.73. The zero-order valence-electron chi connectivity index (χ0n) is 10.9. The molecule has 1 unspecified atom stereocenters. The minimum atomic E-state index is -1.09. The molecule has 1 amide bonds. The van der Waals surface area contributed by atoms with Crippen LogP contribution in [-0.2, 0) is 15.3 Å². The van der Waals surface area contributed by atoms with E-state index in [-0.39, 0.29) is 6.42 Å². The van der Waals surface area contributed by atoms with Gasteiger partial charge in [0.15, 0.2) is 11.6 Å². The Morgan fingerprint density at radius 2 is 2.05 bits per heavy atom. The number of carbonyl (C=O) groups is 2. The number of amides is 1. The fourth-order valence-corrected chi connectivity index (χ4v) is 2.49. The van der Waals surface area contributed by atoms with Crippen molar-refractivity contribution in [1.29, 1.82) is 0 Å². The maximum absolute atomic E-state index is 13.0. The first kappa shape index (κ1) is 16.4. The molecule has 0 saturated carbocycles. The number of aliphatic carboxylic acids is 1. The zero-order valence-corrected chi connectivity index (χ0v) is 11.7. The van der Waals surface area contributed by atoms with Gasteiger partial charge in [-0.1, -0.05) is 6.07 Å². The molecule has 0 heterocycles. The number of carbonyl (C=O) groups excluding carboxylic acids is 1. The first-order valence-corrected chi connectivity index (χ1v) is 7.07. The number of benzene rings is 1. The molecule has 0 aliphatic rings. The fourth-order valence-electron chi connectivity index (χ4n) is 1.52. The van der Waals surface area contributed by atoms with Crippen LogP contribution < -0.4 is 5.32 Å². The third-order valence-electron chi connectivity index (χ3n) is 2.48. The summed E-state index contributed by atoms with van der Waals surface area (Å²) in [4.78, 5) is 21.7. The van der Waals surface area contributed by atoms with E-state index in [4.69, 9.17) is 5.11 Å². The standard InChI is InChI=1S/C13H15F2NO3S/c1-8(17)16-12(13(18)19)4-5-20-7-9-2-3-10(14)11(15)6-9/h2-3,6,12H,4-5,7H2,1H3,(H,16,17)(H,18,19). The number of carboxylic acid groups (broad SMARTS) is 1. The lowest BCUT2D eigenvalue weighted by Crippen LogP contribution is -2.39. The molecule has 110 valence electrons. The SMILES string of the molecule is CC(=O)NC(CCSCc1ccc(F)c(F)c1)C(=O)O. The van der Waals surface area contributed by atoms with Crippen molar-refractivity contribution in [3.8, 4) is 0 Å². The van der Waals surface area contributed by atoms with Gasteiger partial charge in [0.05, 0.1) is 0 Å². The number of thioether (sulfide) groups is 1. The van der Waals surface area contributed by atoms with Gasteiger partial charge in [-0.25, -0.2) is 13.6 Å². The number of hydrogen-bond donors (Lipinski definition) is 2. The average Bonchev–Trinajstić information content (AvgIpc) is 2.36. The van der Waals surface area contributed by atoms with Crippen molar-refractivity contribution >= 4 is 23.6 Å². The fraction of sp³-hybridized carbons (Fsp3) is 0.385. The molecular weight excluding hydrogens is 288 g/mol. The Kier molecular flexibility index (Phi) is 6.44. The minimum Gasteiger partial charge on any atom is -0.480 e. The molecule has 1 aromatic rings. The lowest BCUT2D eigenvalue weighted by atomic mass is 10.2. The van der Waals surface area contributed by atoms with Crippen molar-refractivity contribution in [2.45, 2.75) is 25.1 Å². The van der Waals surface area contributed by atoms with Crippen molar-refractivity contribution in [3.63, 3.8) is 0 Å². The predicted octanol–water partition coefficient (Wildman–Crippen LogP) is 2.18. The molecule has 0 aromatic heterocycles. The Balaban J connectivity index is 2.37. The molecule has 0 bridgehead atoms. The van der Waals surface area contributed by atoms with Crippen LogP contribution in [0.25, 0.3) is 0 Å². The first-order chi connectivity index (χ1) is 9.40. The molecule has 1 atom stereocenters. The van der Waals surface area contributed by atoms with E-state index < -0.39 is 29.6 Å². The van der Waals surface area contributed by atoms with Crippen LogP contribution in [0.3, 0.4) is 0 Å². The lowest BCUT2D eigenvalue weighted by Gasteiger charge is -2.12. The van der Waals surface area contributed by atoms with Crippen molar-refractivity contribution in [2.24, 2.45) is 0 Å². The zero-order chi connectivity index (χ0) is 15.1. The van der Waals surface area contributed by atoms with Crippen LogP contribution in [0.4, 0.5) is 8.78 Å². The number of hydrogen-bond acceptors (Lipinski definition) is 3. The van der Waals surface area contributed by atoms with Gasteiger partial charge in [0, 0.05) is 12.7 Å². The van der Waals surface area contributed by atoms with Crippen LogP contribution in [0, 0.1) is 11.6 Å². The Hall–Kier alpha value is -1.63. The quantitative estimate of drug-likeness (QED) is 0.758. The van der Waals surface area contributed by atoms with E-state index in [0.717, 1.165) is 12.1 Å². The monoisotopic (exact) mass is 303 g/mol. The molecule has 20 heavy (non-hydrogen) atoms. The second-order valence-corrected chi connectivity index (χ2v) is 5.29. The highest BCUT2D eigenvalue weighted by atomic mass is 32.2. The highest BCUT2D eigenvalue weighted by Crippen LogP contribution is 2.16. The highest BCUT2D eigenvalue weighted by Gasteiger charge is 2.17. The van der Waals surface area contributed by atoms with Gasteiger partial charge >= 0.3 is 5.97 Å². The topological polar surface area (TPSA) is 66.4 Å². The molecule has 0 radical (unpaired) electrons. The van der Waals surface area contributed by atoms with Gasteiger partial charge in [0.2, 0.25) is 5.91 Å². The van der Waals surface area contributed by atoms with Crippen LogP contribution in [0.5, 0.6) is 0 Å². The molecule has 4 nitrogen and oxygen atoms in total. The Bertz CT molecular complexity index is 497. The Labute approximate surface area is 119 Å². The van der Waals surface area contributed by atoms with Gasteiger partial charge in [-0.15, -0.1) is 0 Å². The van der Waals surface area contributed by atoms with Crippen LogP contribution >= 0.6 is 11.8 Å². The smallest absolute Gasteiger partial charge is 0.326 e. The summed E-state index contributed by atoms with van der Waals surface area (Å²) < 4.78 is 25.7. The third-order valence-corrected chi connectivity index (χ3v) is 3.54. The van der Waals surface area contributed by atoms with E-state index in [1.54, 1.807) is 0 Å². The van der Waals surface area contributed by atoms with E-state index in [1.807, 2.05) is 0 Å². The van der Waals surface area contributed by atoms with Crippen LogP contribution in [0.15, 0.2) is 18.2 Å². The van der Waals surface area contributed by atoms with Gasteiger partial charge in [-0.05, 0) is 29.9 Å². The largest absolute Gasteiger partial charge is 0.480 e. The molecule has 0 spiro atoms. The van der Waals surface area contributed by atoms with Crippen molar-refractivity contribution < 1.29 is 23.5 Å². The van der Waals surface area contributed by atoms with Gasteiger partial charge in [0.25, 0.3) is 0 Å². The first-order valence-electron chi connectivity index (χ1n) is 5.91. The molecule has 0 aliphatic carbocycles. The summed E-state index contributed by atoms with van der Waals surface area (Å²) in [5.41, 5.74) is 0.625. The highest BCUT2D eigenvalue weighted by molar-refractivity contribution is 7.98. The Morgan fingerprint density at radius 1 is 1.35 bits per heavy atom. The number of rotatable bonds is 7. The molecule has 2 N–H and O–H groups in total. The average molecular weight is 303 g/mol. The van der Waals surface area contributed by atoms with E-state index in [0.29, 0.717) is 17.1 Å².